The molecule has 0 saturated heterocycles. The summed E-state index contributed by atoms with van der Waals surface area (Å²) < 4.78 is 14.5. The summed E-state index contributed by atoms with van der Waals surface area (Å²) >= 11 is 0. The van der Waals surface area contributed by atoms with Gasteiger partial charge in [0.05, 0.1) is 6.61 Å². The number of primary amides is 1. The molecule has 0 spiro atoms. The minimum atomic E-state index is -1.72. The zero-order valence-electron chi connectivity index (χ0n) is 8.96. The van der Waals surface area contributed by atoms with E-state index < -0.39 is 17.0 Å². The normalized spacial score (nSPS) is 26.3. The van der Waals surface area contributed by atoms with Crippen molar-refractivity contribution in [2.75, 3.05) is 6.61 Å². The first kappa shape index (κ1) is 11.9. The van der Waals surface area contributed by atoms with Crippen molar-refractivity contribution >= 4 is 5.91 Å². The fourth-order valence-electron chi connectivity index (χ4n) is 1.48. The molecular formula is C11H16FNO2. The summed E-state index contributed by atoms with van der Waals surface area (Å²) in [7, 11) is 0. The fourth-order valence-corrected chi connectivity index (χ4v) is 1.48. The van der Waals surface area contributed by atoms with Crippen LogP contribution in [-0.4, -0.2) is 23.3 Å². The summed E-state index contributed by atoms with van der Waals surface area (Å²) in [6.45, 7) is 2.93. The molecule has 1 rings (SSSR count). The molecule has 15 heavy (non-hydrogen) atoms. The monoisotopic (exact) mass is 213 g/mol. The van der Waals surface area contributed by atoms with Gasteiger partial charge in [-0.3, -0.25) is 4.79 Å². The van der Waals surface area contributed by atoms with E-state index in [1.807, 2.05) is 0 Å². The molecule has 3 nitrogen and oxygen atoms in total. The molecule has 0 saturated carbocycles. The molecule has 0 aromatic heterocycles. The highest BCUT2D eigenvalue weighted by Gasteiger charge is 2.45. The van der Waals surface area contributed by atoms with Crippen molar-refractivity contribution in [3.8, 4) is 0 Å². The molecule has 1 amide bonds. The topological polar surface area (TPSA) is 63.3 Å². The number of carbonyl (C=O) groups is 1. The number of hydrogen-bond donors (Lipinski definition) is 2. The summed E-state index contributed by atoms with van der Waals surface area (Å²) in [5.41, 5.74) is 2.70. The Balaban J connectivity index is 2.98. The lowest BCUT2D eigenvalue weighted by atomic mass is 9.71. The van der Waals surface area contributed by atoms with Crippen LogP contribution >= 0.6 is 0 Å². The Labute approximate surface area is 88.5 Å². The van der Waals surface area contributed by atoms with Gasteiger partial charge in [-0.15, -0.1) is 0 Å². The molecule has 0 bridgehead atoms. The number of rotatable bonds is 3. The van der Waals surface area contributed by atoms with Crippen LogP contribution < -0.4 is 5.73 Å². The maximum Gasteiger partial charge on any atom is 0.244 e. The quantitative estimate of drug-likeness (QED) is 0.737. The zero-order chi connectivity index (χ0) is 11.7. The molecule has 0 fully saturated rings. The largest absolute Gasteiger partial charge is 0.396 e. The highest BCUT2D eigenvalue weighted by molar-refractivity contribution is 5.92. The van der Waals surface area contributed by atoms with Gasteiger partial charge in [0.15, 0.2) is 0 Å². The van der Waals surface area contributed by atoms with E-state index in [-0.39, 0.29) is 18.6 Å². The third-order valence-electron chi connectivity index (χ3n) is 2.94. The second-order valence-electron chi connectivity index (χ2n) is 4.50. The lowest BCUT2D eigenvalue weighted by molar-refractivity contribution is -0.115. The average Bonchev–Trinajstić information content (AvgIpc) is 2.17. The van der Waals surface area contributed by atoms with Gasteiger partial charge in [-0.05, 0) is 6.08 Å². The smallest absolute Gasteiger partial charge is 0.244 e. The molecule has 4 heteroatoms. The number of carbonyl (C=O) groups excluding carboxylic acids is 1. The van der Waals surface area contributed by atoms with Crippen LogP contribution in [0.15, 0.2) is 23.8 Å². The third kappa shape index (κ3) is 2.09. The molecule has 0 aromatic rings. The van der Waals surface area contributed by atoms with Crippen molar-refractivity contribution in [2.45, 2.75) is 25.9 Å². The standard InChI is InChI=1S/C11H16FNO2/c1-10(2,7-14)11(12)5-3-4-8(6-11)9(13)15/h3-5,14H,6-7H2,1-2H3,(H2,13,15). The minimum Gasteiger partial charge on any atom is -0.396 e. The van der Waals surface area contributed by atoms with Crippen molar-refractivity contribution in [1.29, 1.82) is 0 Å². The second-order valence-corrected chi connectivity index (χ2v) is 4.50. The Hall–Kier alpha value is -1.16. The van der Waals surface area contributed by atoms with Crippen molar-refractivity contribution in [3.63, 3.8) is 0 Å². The van der Waals surface area contributed by atoms with Crippen molar-refractivity contribution in [2.24, 2.45) is 11.1 Å². The van der Waals surface area contributed by atoms with Gasteiger partial charge in [-0.2, -0.15) is 0 Å². The summed E-state index contributed by atoms with van der Waals surface area (Å²) in [4.78, 5) is 10.9. The first-order valence-corrected chi connectivity index (χ1v) is 4.80. The van der Waals surface area contributed by atoms with Crippen LogP contribution in [0, 0.1) is 5.41 Å². The molecule has 3 N–H and O–H groups in total. The maximum atomic E-state index is 14.5. The van der Waals surface area contributed by atoms with Crippen LogP contribution in [0.5, 0.6) is 0 Å². The highest BCUT2D eigenvalue weighted by atomic mass is 19.1. The zero-order valence-corrected chi connectivity index (χ0v) is 8.96. The summed E-state index contributed by atoms with van der Waals surface area (Å²) in [5, 5.41) is 9.13. The van der Waals surface area contributed by atoms with E-state index >= 15 is 0 Å². The van der Waals surface area contributed by atoms with Gasteiger partial charge in [0.1, 0.15) is 5.67 Å². The Morgan fingerprint density at radius 3 is 2.80 bits per heavy atom. The van der Waals surface area contributed by atoms with Crippen LogP contribution in [0.2, 0.25) is 0 Å². The number of hydrogen-bond acceptors (Lipinski definition) is 2. The first-order chi connectivity index (χ1) is 6.82. The molecule has 84 valence electrons. The molecule has 0 heterocycles. The number of allylic oxidation sites excluding steroid dienone is 3. The first-order valence-electron chi connectivity index (χ1n) is 4.80. The third-order valence-corrected chi connectivity index (χ3v) is 2.94. The van der Waals surface area contributed by atoms with E-state index in [1.54, 1.807) is 13.8 Å². The van der Waals surface area contributed by atoms with Gasteiger partial charge in [0.2, 0.25) is 5.91 Å². The van der Waals surface area contributed by atoms with Gasteiger partial charge in [-0.1, -0.05) is 26.0 Å². The molecule has 1 atom stereocenters. The Bertz CT molecular complexity index is 333. The Morgan fingerprint density at radius 1 is 1.73 bits per heavy atom. The fraction of sp³-hybridized carbons (Fsp3) is 0.545. The van der Waals surface area contributed by atoms with Crippen LogP contribution in [0.3, 0.4) is 0 Å². The van der Waals surface area contributed by atoms with Crippen LogP contribution in [0.25, 0.3) is 0 Å². The number of alkyl halides is 1. The number of amides is 1. The van der Waals surface area contributed by atoms with Crippen LogP contribution in [-0.2, 0) is 4.79 Å². The van der Waals surface area contributed by atoms with E-state index in [1.165, 1.54) is 18.2 Å². The van der Waals surface area contributed by atoms with Crippen molar-refractivity contribution < 1.29 is 14.3 Å². The van der Waals surface area contributed by atoms with Gasteiger partial charge in [-0.25, -0.2) is 4.39 Å². The maximum absolute atomic E-state index is 14.5. The number of halogens is 1. The summed E-state index contributed by atoms with van der Waals surface area (Å²) in [5.74, 6) is -0.616. The number of aliphatic hydroxyl groups is 1. The number of nitrogens with two attached hydrogens (primary N) is 1. The molecule has 0 aromatic carbocycles. The van der Waals surface area contributed by atoms with Gasteiger partial charge < -0.3 is 10.8 Å². The minimum absolute atomic E-state index is 0.0770. The molecule has 1 aliphatic carbocycles. The van der Waals surface area contributed by atoms with Crippen molar-refractivity contribution in [3.05, 3.63) is 23.8 Å². The predicted octanol–water partition coefficient (Wildman–Crippen LogP) is 1.08. The summed E-state index contributed by atoms with van der Waals surface area (Å²) in [6.07, 6.45) is 4.27. The Morgan fingerprint density at radius 2 is 2.33 bits per heavy atom. The van der Waals surface area contributed by atoms with E-state index in [9.17, 15) is 9.18 Å². The lowest BCUT2D eigenvalue weighted by Gasteiger charge is -2.38. The van der Waals surface area contributed by atoms with Gasteiger partial charge in [0.25, 0.3) is 0 Å². The lowest BCUT2D eigenvalue weighted by Crippen LogP contribution is -2.43. The van der Waals surface area contributed by atoms with E-state index in [2.05, 4.69) is 0 Å². The van der Waals surface area contributed by atoms with Crippen LogP contribution in [0.1, 0.15) is 20.3 Å². The average molecular weight is 213 g/mol. The molecule has 0 aliphatic heterocycles. The van der Waals surface area contributed by atoms with Crippen LogP contribution in [0.4, 0.5) is 4.39 Å². The van der Waals surface area contributed by atoms with Gasteiger partial charge >= 0.3 is 0 Å². The van der Waals surface area contributed by atoms with Gasteiger partial charge in [0, 0.05) is 17.4 Å². The van der Waals surface area contributed by atoms with Crippen molar-refractivity contribution in [1.82, 2.24) is 0 Å². The second kappa shape index (κ2) is 3.77. The molecular weight excluding hydrogens is 197 g/mol. The van der Waals surface area contributed by atoms with E-state index in [0.29, 0.717) is 0 Å². The Kier molecular flexibility index (Phi) is 3.00. The molecule has 0 radical (unpaired) electrons. The van der Waals surface area contributed by atoms with E-state index in [0.717, 1.165) is 0 Å². The number of aliphatic hydroxyl groups excluding tert-OH is 1. The predicted molar refractivity (Wildman–Crippen MR) is 55.7 cm³/mol. The summed E-state index contributed by atoms with van der Waals surface area (Å²) in [6, 6.07) is 0. The van der Waals surface area contributed by atoms with E-state index in [4.69, 9.17) is 10.8 Å². The molecule has 1 unspecified atom stereocenters. The molecule has 1 aliphatic rings. The SMILES string of the molecule is CC(C)(CO)C1(F)C=CC=C(C(N)=O)C1. The highest BCUT2D eigenvalue weighted by Crippen LogP contribution is 2.42.